The van der Waals surface area contributed by atoms with Gasteiger partial charge in [0.1, 0.15) is 12.6 Å². The highest BCUT2D eigenvalue weighted by atomic mass is 16.5. The van der Waals surface area contributed by atoms with Gasteiger partial charge in [0.2, 0.25) is 5.91 Å². The number of carbonyl (C=O) groups excluding carboxylic acids is 2. The summed E-state index contributed by atoms with van der Waals surface area (Å²) in [6.07, 6.45) is 0.683. The van der Waals surface area contributed by atoms with Crippen LogP contribution in [0, 0.1) is 5.92 Å². The molecule has 9 nitrogen and oxygen atoms in total. The SMILES string of the molecule is CC(C)CC(NC(=O)OCC1c2ccccc2-c2ccccc21)C(=O)NCc1ocnc1C(=O)O. The number of carbonyl (C=O) groups is 3. The van der Waals surface area contributed by atoms with Gasteiger partial charge >= 0.3 is 12.1 Å². The van der Waals surface area contributed by atoms with Crippen molar-refractivity contribution in [3.63, 3.8) is 0 Å². The molecule has 4 rings (SSSR count). The van der Waals surface area contributed by atoms with Crippen LogP contribution in [-0.4, -0.2) is 40.7 Å². The number of hydrogen-bond donors (Lipinski definition) is 3. The quantitative estimate of drug-likeness (QED) is 0.425. The van der Waals surface area contributed by atoms with Crippen molar-refractivity contribution in [2.45, 2.75) is 38.8 Å². The zero-order chi connectivity index (χ0) is 24.9. The van der Waals surface area contributed by atoms with Crippen LogP contribution in [-0.2, 0) is 16.1 Å². The third-order valence-electron chi connectivity index (χ3n) is 5.93. The maximum atomic E-state index is 12.8. The number of aromatic carboxylic acids is 1. The van der Waals surface area contributed by atoms with Crippen molar-refractivity contribution in [3.05, 3.63) is 77.5 Å². The molecule has 1 aromatic heterocycles. The van der Waals surface area contributed by atoms with Gasteiger partial charge in [-0.25, -0.2) is 14.6 Å². The van der Waals surface area contributed by atoms with E-state index in [0.717, 1.165) is 28.6 Å². The average Bonchev–Trinajstić information content (AvgIpc) is 3.43. The summed E-state index contributed by atoms with van der Waals surface area (Å²) >= 11 is 0. The second kappa shape index (κ2) is 10.4. The van der Waals surface area contributed by atoms with Gasteiger partial charge in [0, 0.05) is 5.92 Å². The first-order valence-electron chi connectivity index (χ1n) is 11.4. The normalized spacial score (nSPS) is 13.1. The summed E-state index contributed by atoms with van der Waals surface area (Å²) in [5.74, 6) is -1.68. The summed E-state index contributed by atoms with van der Waals surface area (Å²) in [4.78, 5) is 40.3. The van der Waals surface area contributed by atoms with Crippen LogP contribution in [0.1, 0.15) is 53.6 Å². The minimum absolute atomic E-state index is 0.0234. The fourth-order valence-electron chi connectivity index (χ4n) is 4.35. The number of aromatic nitrogens is 1. The van der Waals surface area contributed by atoms with Crippen molar-refractivity contribution in [3.8, 4) is 11.1 Å². The van der Waals surface area contributed by atoms with Gasteiger partial charge in [-0.3, -0.25) is 4.79 Å². The second-order valence-corrected chi connectivity index (χ2v) is 8.80. The monoisotopic (exact) mass is 477 g/mol. The van der Waals surface area contributed by atoms with Crippen LogP contribution in [0.15, 0.2) is 59.3 Å². The van der Waals surface area contributed by atoms with E-state index in [2.05, 4.69) is 27.8 Å². The lowest BCUT2D eigenvalue weighted by Gasteiger charge is -2.21. The van der Waals surface area contributed by atoms with Crippen molar-refractivity contribution in [2.75, 3.05) is 6.61 Å². The number of fused-ring (bicyclic) bond motifs is 3. The maximum Gasteiger partial charge on any atom is 0.407 e. The lowest BCUT2D eigenvalue weighted by atomic mass is 9.98. The first-order valence-corrected chi connectivity index (χ1v) is 11.4. The van der Waals surface area contributed by atoms with E-state index in [4.69, 9.17) is 14.3 Å². The number of amides is 2. The zero-order valence-corrected chi connectivity index (χ0v) is 19.5. The molecule has 0 aliphatic heterocycles. The molecule has 0 spiro atoms. The molecule has 1 atom stereocenters. The van der Waals surface area contributed by atoms with Gasteiger partial charge in [0.05, 0.1) is 6.54 Å². The Hall–Kier alpha value is -4.14. The number of hydrogen-bond acceptors (Lipinski definition) is 6. The van der Waals surface area contributed by atoms with Crippen molar-refractivity contribution in [2.24, 2.45) is 5.92 Å². The lowest BCUT2D eigenvalue weighted by Crippen LogP contribution is -2.47. The molecule has 9 heteroatoms. The number of nitrogens with one attached hydrogen (secondary N) is 2. The predicted molar refractivity (Wildman–Crippen MR) is 127 cm³/mol. The van der Waals surface area contributed by atoms with Gasteiger partial charge in [-0.05, 0) is 34.6 Å². The number of carboxylic acids is 1. The predicted octanol–water partition coefficient (Wildman–Crippen LogP) is 3.94. The molecule has 35 heavy (non-hydrogen) atoms. The van der Waals surface area contributed by atoms with E-state index in [9.17, 15) is 14.4 Å². The van der Waals surface area contributed by atoms with Crippen LogP contribution in [0.2, 0.25) is 0 Å². The summed E-state index contributed by atoms with van der Waals surface area (Å²) in [6.45, 7) is 3.83. The Morgan fingerprint density at radius 1 is 1.06 bits per heavy atom. The number of rotatable bonds is 9. The molecule has 1 aliphatic rings. The third kappa shape index (κ3) is 5.34. The molecular formula is C26H27N3O6. The number of nitrogens with zero attached hydrogens (tertiary/aromatic N) is 1. The molecule has 0 saturated carbocycles. The van der Waals surface area contributed by atoms with Crippen molar-refractivity contribution in [1.29, 1.82) is 0 Å². The van der Waals surface area contributed by atoms with E-state index in [-0.39, 0.29) is 36.4 Å². The molecule has 0 bridgehead atoms. The van der Waals surface area contributed by atoms with Crippen molar-refractivity contribution < 1.29 is 28.6 Å². The van der Waals surface area contributed by atoms with Gasteiger partial charge in [-0.2, -0.15) is 0 Å². The Balaban J connectivity index is 1.39. The molecule has 1 heterocycles. The Morgan fingerprint density at radius 3 is 2.29 bits per heavy atom. The second-order valence-electron chi connectivity index (χ2n) is 8.80. The van der Waals surface area contributed by atoms with E-state index in [1.54, 1.807) is 0 Å². The minimum atomic E-state index is -1.25. The average molecular weight is 478 g/mol. The molecule has 1 unspecified atom stereocenters. The summed E-state index contributed by atoms with van der Waals surface area (Å²) in [7, 11) is 0. The smallest absolute Gasteiger partial charge is 0.407 e. The fourth-order valence-corrected chi connectivity index (χ4v) is 4.35. The Morgan fingerprint density at radius 2 is 1.69 bits per heavy atom. The summed E-state index contributed by atoms with van der Waals surface area (Å²) in [5.41, 5.74) is 4.18. The molecule has 0 radical (unpaired) electrons. The highest BCUT2D eigenvalue weighted by molar-refractivity contribution is 5.87. The summed E-state index contributed by atoms with van der Waals surface area (Å²) in [5, 5.41) is 14.4. The van der Waals surface area contributed by atoms with Crippen molar-refractivity contribution >= 4 is 18.0 Å². The standard InChI is InChI=1S/C26H27N3O6/c1-15(2)11-21(24(30)27-12-22-23(25(31)32)28-14-35-22)29-26(33)34-13-20-18-9-5-3-7-16(18)17-8-4-6-10-19(17)20/h3-10,14-15,20-21H,11-13H2,1-2H3,(H,27,30)(H,29,33)(H,31,32). The number of carboxylic acid groups (broad SMARTS) is 1. The molecule has 0 fully saturated rings. The van der Waals surface area contributed by atoms with Gasteiger partial charge < -0.3 is 24.9 Å². The van der Waals surface area contributed by atoms with E-state index in [1.165, 1.54) is 0 Å². The van der Waals surface area contributed by atoms with Gasteiger partial charge in [0.15, 0.2) is 17.8 Å². The minimum Gasteiger partial charge on any atom is -0.476 e. The summed E-state index contributed by atoms with van der Waals surface area (Å²) < 4.78 is 10.6. The number of alkyl carbamates (subject to hydrolysis) is 1. The van der Waals surface area contributed by atoms with E-state index in [1.807, 2.05) is 50.2 Å². The van der Waals surface area contributed by atoms with Crippen molar-refractivity contribution in [1.82, 2.24) is 15.6 Å². The third-order valence-corrected chi connectivity index (χ3v) is 5.93. The Bertz CT molecular complexity index is 1190. The number of oxazole rings is 1. The highest BCUT2D eigenvalue weighted by Crippen LogP contribution is 2.44. The lowest BCUT2D eigenvalue weighted by molar-refractivity contribution is -0.123. The van der Waals surface area contributed by atoms with Crippen LogP contribution in [0.25, 0.3) is 11.1 Å². The van der Waals surface area contributed by atoms with Crippen LogP contribution in [0.5, 0.6) is 0 Å². The van der Waals surface area contributed by atoms with Gasteiger partial charge in [0.25, 0.3) is 0 Å². The zero-order valence-electron chi connectivity index (χ0n) is 19.5. The van der Waals surface area contributed by atoms with Crippen LogP contribution in [0.3, 0.4) is 0 Å². The molecule has 2 aromatic carbocycles. The Labute approximate surface area is 202 Å². The van der Waals surface area contributed by atoms with Crippen LogP contribution >= 0.6 is 0 Å². The number of ether oxygens (including phenoxy) is 1. The Kier molecular flexibility index (Phi) is 7.14. The molecule has 3 N–H and O–H groups in total. The molecule has 182 valence electrons. The first kappa shape index (κ1) is 24.0. The molecule has 0 saturated heterocycles. The van der Waals surface area contributed by atoms with Crippen LogP contribution < -0.4 is 10.6 Å². The molecule has 1 aliphatic carbocycles. The maximum absolute atomic E-state index is 12.8. The van der Waals surface area contributed by atoms with E-state index in [0.29, 0.717) is 6.42 Å². The van der Waals surface area contributed by atoms with E-state index >= 15 is 0 Å². The van der Waals surface area contributed by atoms with Gasteiger partial charge in [-0.1, -0.05) is 62.4 Å². The summed E-state index contributed by atoms with van der Waals surface area (Å²) in [6, 6.07) is 15.2. The molecule has 3 aromatic rings. The molecule has 2 amide bonds. The first-order chi connectivity index (χ1) is 16.8. The molecular weight excluding hydrogens is 450 g/mol. The fraction of sp³-hybridized carbons (Fsp3) is 0.308. The number of benzene rings is 2. The topological polar surface area (TPSA) is 131 Å². The van der Waals surface area contributed by atoms with E-state index < -0.39 is 24.0 Å². The largest absolute Gasteiger partial charge is 0.476 e. The van der Waals surface area contributed by atoms with Gasteiger partial charge in [-0.15, -0.1) is 0 Å². The van der Waals surface area contributed by atoms with Crippen LogP contribution in [0.4, 0.5) is 4.79 Å². The highest BCUT2D eigenvalue weighted by Gasteiger charge is 2.30.